The van der Waals surface area contributed by atoms with Crippen LogP contribution in [-0.2, 0) is 0 Å². The zero-order chi connectivity index (χ0) is 18.5. The van der Waals surface area contributed by atoms with Crippen molar-refractivity contribution in [2.45, 2.75) is 4.90 Å². The summed E-state index contributed by atoms with van der Waals surface area (Å²) in [5.41, 5.74) is 6.75. The van der Waals surface area contributed by atoms with Gasteiger partial charge in [0, 0.05) is 28.2 Å². The highest BCUT2D eigenvalue weighted by molar-refractivity contribution is 7.80. The van der Waals surface area contributed by atoms with Crippen molar-refractivity contribution in [1.29, 1.82) is 0 Å². The van der Waals surface area contributed by atoms with Gasteiger partial charge in [0.05, 0.1) is 23.1 Å². The first-order valence-electron chi connectivity index (χ1n) is 7.46. The maximum absolute atomic E-state index is 14.1. The summed E-state index contributed by atoms with van der Waals surface area (Å²) >= 11 is 5.71. The van der Waals surface area contributed by atoms with Crippen molar-refractivity contribution in [2.75, 3.05) is 5.73 Å². The highest BCUT2D eigenvalue weighted by Gasteiger charge is 2.19. The quantitative estimate of drug-likeness (QED) is 0.333. The average molecular weight is 388 g/mol. The molecule has 0 fully saturated rings. The molecular formula is C18H14F2N4S2. The minimum absolute atomic E-state index is 0.114. The molecule has 0 saturated carbocycles. The molecule has 26 heavy (non-hydrogen) atoms. The third-order valence-corrected chi connectivity index (χ3v) is 4.64. The van der Waals surface area contributed by atoms with Gasteiger partial charge in [-0.05, 0) is 41.3 Å². The zero-order valence-corrected chi connectivity index (χ0v) is 15.1. The van der Waals surface area contributed by atoms with E-state index in [1.54, 1.807) is 35.9 Å². The number of benzene rings is 1. The maximum atomic E-state index is 14.1. The number of nitrogens with two attached hydrogens (primary N) is 1. The second kappa shape index (κ2) is 8.11. The van der Waals surface area contributed by atoms with Gasteiger partial charge in [0.25, 0.3) is 0 Å². The molecule has 1 aromatic carbocycles. The number of H-pyrrole nitrogens is 1. The Balaban J connectivity index is 0.000000278. The summed E-state index contributed by atoms with van der Waals surface area (Å²) in [5, 5.41) is 10.5. The van der Waals surface area contributed by atoms with E-state index in [0.717, 1.165) is 16.5 Å². The molecule has 3 heterocycles. The molecule has 3 N–H and O–H groups in total. The van der Waals surface area contributed by atoms with Crippen LogP contribution in [0.4, 0.5) is 14.5 Å². The SMILES string of the molecule is Nc1ccc(F)c(-c2[nH]ncc2-c2ccncc2)c1F.Sc1ccsc1. The van der Waals surface area contributed by atoms with Crippen LogP contribution in [-0.4, -0.2) is 15.2 Å². The molecule has 0 unspecified atom stereocenters. The minimum atomic E-state index is -0.801. The molecule has 3 aromatic heterocycles. The fourth-order valence-electron chi connectivity index (χ4n) is 2.28. The maximum Gasteiger partial charge on any atom is 0.158 e. The molecule has 0 aliphatic rings. The van der Waals surface area contributed by atoms with E-state index < -0.39 is 11.6 Å². The van der Waals surface area contributed by atoms with Gasteiger partial charge >= 0.3 is 0 Å². The summed E-state index contributed by atoms with van der Waals surface area (Å²) in [6.07, 6.45) is 4.70. The van der Waals surface area contributed by atoms with E-state index in [4.69, 9.17) is 5.73 Å². The Morgan fingerprint density at radius 2 is 1.85 bits per heavy atom. The predicted molar refractivity (Wildman–Crippen MR) is 103 cm³/mol. The Hall–Kier alpha value is -2.71. The van der Waals surface area contributed by atoms with Crippen LogP contribution in [0.3, 0.4) is 0 Å². The van der Waals surface area contributed by atoms with E-state index in [0.29, 0.717) is 5.56 Å². The van der Waals surface area contributed by atoms with Crippen molar-refractivity contribution in [3.63, 3.8) is 0 Å². The number of aromatic amines is 1. The number of nitrogens with zero attached hydrogens (tertiary/aromatic N) is 2. The van der Waals surface area contributed by atoms with Gasteiger partial charge in [0.2, 0.25) is 0 Å². The molecule has 4 rings (SSSR count). The van der Waals surface area contributed by atoms with Gasteiger partial charge in [-0.1, -0.05) is 0 Å². The monoisotopic (exact) mass is 388 g/mol. The molecule has 0 atom stereocenters. The van der Waals surface area contributed by atoms with E-state index in [9.17, 15) is 8.78 Å². The first-order chi connectivity index (χ1) is 12.6. The van der Waals surface area contributed by atoms with Crippen molar-refractivity contribution in [1.82, 2.24) is 15.2 Å². The Labute approximate surface area is 158 Å². The van der Waals surface area contributed by atoms with Crippen LogP contribution >= 0.6 is 24.0 Å². The molecule has 0 saturated heterocycles. The first kappa shape index (κ1) is 18.1. The van der Waals surface area contributed by atoms with Crippen LogP contribution in [0.15, 0.2) is 64.6 Å². The summed E-state index contributed by atoms with van der Waals surface area (Å²) in [6, 6.07) is 7.75. The number of aromatic nitrogens is 3. The zero-order valence-electron chi connectivity index (χ0n) is 13.4. The molecule has 132 valence electrons. The number of nitrogens with one attached hydrogen (secondary N) is 1. The van der Waals surface area contributed by atoms with Crippen LogP contribution in [0, 0.1) is 11.6 Å². The van der Waals surface area contributed by atoms with E-state index in [1.165, 1.54) is 12.3 Å². The van der Waals surface area contributed by atoms with Crippen LogP contribution in [0.1, 0.15) is 0 Å². The minimum Gasteiger partial charge on any atom is -0.396 e. The van der Waals surface area contributed by atoms with E-state index in [2.05, 4.69) is 27.8 Å². The number of nitrogen functional groups attached to an aromatic ring is 1. The van der Waals surface area contributed by atoms with Crippen molar-refractivity contribution < 1.29 is 8.78 Å². The fraction of sp³-hybridized carbons (Fsp3) is 0. The normalized spacial score (nSPS) is 10.3. The summed E-state index contributed by atoms with van der Waals surface area (Å²) < 4.78 is 28.0. The van der Waals surface area contributed by atoms with Crippen LogP contribution < -0.4 is 5.73 Å². The smallest absolute Gasteiger partial charge is 0.158 e. The second-order valence-electron chi connectivity index (χ2n) is 5.20. The number of thiophene rings is 1. The van der Waals surface area contributed by atoms with Gasteiger partial charge in [-0.15, -0.1) is 12.6 Å². The molecular weight excluding hydrogens is 374 g/mol. The highest BCUT2D eigenvalue weighted by Crippen LogP contribution is 2.34. The van der Waals surface area contributed by atoms with Crippen molar-refractivity contribution in [2.24, 2.45) is 0 Å². The van der Waals surface area contributed by atoms with E-state index in [-0.39, 0.29) is 16.9 Å². The van der Waals surface area contributed by atoms with Crippen LogP contribution in [0.5, 0.6) is 0 Å². The summed E-state index contributed by atoms with van der Waals surface area (Å²) in [4.78, 5) is 4.96. The topological polar surface area (TPSA) is 67.6 Å². The number of halogens is 2. The number of rotatable bonds is 2. The predicted octanol–water partition coefficient (Wildman–Crippen LogP) is 5.04. The Bertz CT molecular complexity index is 986. The lowest BCUT2D eigenvalue weighted by Crippen LogP contribution is -1.98. The van der Waals surface area contributed by atoms with Gasteiger partial charge in [-0.25, -0.2) is 8.78 Å². The lowest BCUT2D eigenvalue weighted by molar-refractivity contribution is 0.591. The van der Waals surface area contributed by atoms with E-state index >= 15 is 0 Å². The number of hydrogen-bond acceptors (Lipinski definition) is 5. The van der Waals surface area contributed by atoms with Crippen LogP contribution in [0.25, 0.3) is 22.4 Å². The van der Waals surface area contributed by atoms with Gasteiger partial charge < -0.3 is 5.73 Å². The van der Waals surface area contributed by atoms with Crippen molar-refractivity contribution in [3.8, 4) is 22.4 Å². The molecule has 0 spiro atoms. The lowest BCUT2D eigenvalue weighted by Gasteiger charge is -2.08. The third kappa shape index (κ3) is 3.92. The summed E-state index contributed by atoms with van der Waals surface area (Å²) in [7, 11) is 0. The Morgan fingerprint density at radius 3 is 2.46 bits per heavy atom. The standard InChI is InChI=1S/C14H10F2N4.C4H4S2/c15-10-1-2-11(17)13(16)12(10)14-9(7-19-20-14)8-3-5-18-6-4-8;5-4-1-2-6-3-4/h1-7H,17H2,(H,19,20);1-3,5H. The Kier molecular flexibility index (Phi) is 5.65. The van der Waals surface area contributed by atoms with Crippen molar-refractivity contribution >= 4 is 29.7 Å². The molecule has 0 aliphatic heterocycles. The molecule has 8 heteroatoms. The molecule has 0 amide bonds. The lowest BCUT2D eigenvalue weighted by atomic mass is 10.0. The van der Waals surface area contributed by atoms with E-state index in [1.807, 2.05) is 16.8 Å². The van der Waals surface area contributed by atoms with Crippen molar-refractivity contribution in [3.05, 3.63) is 71.3 Å². The number of pyridine rings is 1. The van der Waals surface area contributed by atoms with Gasteiger partial charge in [0.15, 0.2) is 5.82 Å². The fourth-order valence-corrected chi connectivity index (χ4v) is 3.16. The summed E-state index contributed by atoms with van der Waals surface area (Å²) in [6.45, 7) is 0. The second-order valence-corrected chi connectivity index (χ2v) is 6.50. The Morgan fingerprint density at radius 1 is 1.08 bits per heavy atom. The van der Waals surface area contributed by atoms with Crippen LogP contribution in [0.2, 0.25) is 0 Å². The third-order valence-electron chi connectivity index (χ3n) is 3.51. The highest BCUT2D eigenvalue weighted by atomic mass is 32.1. The van der Waals surface area contributed by atoms with Gasteiger partial charge in [0.1, 0.15) is 5.82 Å². The molecule has 0 aliphatic carbocycles. The largest absolute Gasteiger partial charge is 0.396 e. The molecule has 4 nitrogen and oxygen atoms in total. The number of hydrogen-bond donors (Lipinski definition) is 3. The molecule has 4 aromatic rings. The first-order valence-corrected chi connectivity index (χ1v) is 8.85. The molecule has 0 bridgehead atoms. The number of anilines is 1. The number of thiol groups is 1. The molecule has 0 radical (unpaired) electrons. The van der Waals surface area contributed by atoms with Gasteiger partial charge in [-0.2, -0.15) is 16.4 Å². The van der Waals surface area contributed by atoms with Gasteiger partial charge in [-0.3, -0.25) is 10.1 Å². The average Bonchev–Trinajstić information content (AvgIpc) is 3.32. The summed E-state index contributed by atoms with van der Waals surface area (Å²) in [5.74, 6) is -1.50.